The average Bonchev–Trinajstić information content (AvgIpc) is 3.31. The maximum atomic E-state index is 13.3. The largest absolute Gasteiger partial charge is 0.351 e. The molecule has 1 aliphatic rings. The number of benzene rings is 3. The van der Waals surface area contributed by atoms with E-state index in [2.05, 4.69) is 10.0 Å². The molecule has 188 valence electrons. The van der Waals surface area contributed by atoms with E-state index in [0.717, 1.165) is 27.9 Å². The van der Waals surface area contributed by atoms with Crippen molar-refractivity contribution in [2.75, 3.05) is 11.4 Å². The fraction of sp³-hybridized carbons (Fsp3) is 0.286. The summed E-state index contributed by atoms with van der Waals surface area (Å²) < 4.78 is 29.3. The lowest BCUT2D eigenvalue weighted by molar-refractivity contribution is -0.123. The molecule has 2 amide bonds. The van der Waals surface area contributed by atoms with E-state index in [1.165, 1.54) is 6.07 Å². The normalized spacial score (nSPS) is 13.8. The van der Waals surface area contributed by atoms with Crippen molar-refractivity contribution < 1.29 is 18.0 Å². The Kier molecular flexibility index (Phi) is 7.86. The molecule has 0 saturated heterocycles. The molecule has 36 heavy (non-hydrogen) atoms. The highest BCUT2D eigenvalue weighted by Crippen LogP contribution is 2.30. The fourth-order valence-corrected chi connectivity index (χ4v) is 5.55. The molecule has 0 saturated carbocycles. The first kappa shape index (κ1) is 25.6. The Labute approximate surface area is 212 Å². The van der Waals surface area contributed by atoms with Crippen LogP contribution in [0.1, 0.15) is 35.6 Å². The first-order valence-corrected chi connectivity index (χ1v) is 13.6. The average molecular weight is 506 g/mol. The minimum atomic E-state index is -3.99. The maximum Gasteiger partial charge on any atom is 0.241 e. The van der Waals surface area contributed by atoms with Crippen LogP contribution in [0.5, 0.6) is 0 Å². The van der Waals surface area contributed by atoms with Crippen molar-refractivity contribution in [2.24, 2.45) is 0 Å². The fourth-order valence-electron chi connectivity index (χ4n) is 4.31. The Morgan fingerprint density at radius 1 is 0.972 bits per heavy atom. The molecule has 7 nitrogen and oxygen atoms in total. The number of hydrogen-bond acceptors (Lipinski definition) is 4. The SMILES string of the molecule is CCC(=O)N1CCc2cc(S(=O)(=O)NC(Cc3ccccc3)C(=O)NCc3ccc(C)cc3)ccc21. The van der Waals surface area contributed by atoms with Crippen LogP contribution in [0.2, 0.25) is 0 Å². The number of sulfonamides is 1. The molecule has 0 bridgehead atoms. The number of fused-ring (bicyclic) bond motifs is 1. The number of rotatable bonds is 9. The quantitative estimate of drug-likeness (QED) is 0.465. The second-order valence-electron chi connectivity index (χ2n) is 9.01. The van der Waals surface area contributed by atoms with Crippen molar-refractivity contribution in [2.45, 2.75) is 50.6 Å². The summed E-state index contributed by atoms with van der Waals surface area (Å²) in [6.45, 7) is 4.63. The van der Waals surface area contributed by atoms with Crippen molar-refractivity contribution in [1.82, 2.24) is 10.0 Å². The molecule has 4 rings (SSSR count). The standard InChI is InChI=1S/C28H31N3O4S/c1-3-27(32)31-16-15-23-18-24(13-14-26(23)31)36(34,35)30-25(17-21-7-5-4-6-8-21)28(33)29-19-22-11-9-20(2)10-12-22/h4-14,18,25,30H,3,15-17,19H2,1-2H3,(H,29,33). The Hall–Kier alpha value is -3.49. The van der Waals surface area contributed by atoms with Crippen LogP contribution in [0.3, 0.4) is 0 Å². The highest BCUT2D eigenvalue weighted by Gasteiger charge is 2.29. The molecule has 0 aliphatic carbocycles. The van der Waals surface area contributed by atoms with Gasteiger partial charge in [0.15, 0.2) is 0 Å². The molecular formula is C28H31N3O4S. The molecule has 0 aromatic heterocycles. The highest BCUT2D eigenvalue weighted by molar-refractivity contribution is 7.89. The van der Waals surface area contributed by atoms with E-state index in [4.69, 9.17) is 0 Å². The predicted molar refractivity (Wildman–Crippen MR) is 140 cm³/mol. The van der Waals surface area contributed by atoms with Gasteiger partial charge < -0.3 is 10.2 Å². The van der Waals surface area contributed by atoms with Gasteiger partial charge in [0.1, 0.15) is 6.04 Å². The molecule has 3 aromatic rings. The molecular weight excluding hydrogens is 474 g/mol. The third-order valence-electron chi connectivity index (χ3n) is 6.34. The summed E-state index contributed by atoms with van der Waals surface area (Å²) >= 11 is 0. The van der Waals surface area contributed by atoms with Crippen LogP contribution in [0.25, 0.3) is 0 Å². The van der Waals surface area contributed by atoms with E-state index < -0.39 is 22.0 Å². The van der Waals surface area contributed by atoms with Crippen LogP contribution in [-0.4, -0.2) is 32.8 Å². The predicted octanol–water partition coefficient (Wildman–Crippen LogP) is 3.50. The lowest BCUT2D eigenvalue weighted by Gasteiger charge is -2.20. The van der Waals surface area contributed by atoms with Crippen LogP contribution >= 0.6 is 0 Å². The minimum Gasteiger partial charge on any atom is -0.351 e. The zero-order valence-corrected chi connectivity index (χ0v) is 21.3. The van der Waals surface area contributed by atoms with Crippen LogP contribution in [0.15, 0.2) is 77.7 Å². The van der Waals surface area contributed by atoms with Gasteiger partial charge in [-0.2, -0.15) is 4.72 Å². The summed E-state index contributed by atoms with van der Waals surface area (Å²) in [5.74, 6) is -0.389. The molecule has 1 atom stereocenters. The van der Waals surface area contributed by atoms with Gasteiger partial charge in [-0.1, -0.05) is 67.1 Å². The Morgan fingerprint density at radius 3 is 2.39 bits per heavy atom. The van der Waals surface area contributed by atoms with E-state index in [1.807, 2.05) is 61.5 Å². The molecule has 0 fully saturated rings. The number of amides is 2. The molecule has 1 heterocycles. The molecule has 3 aromatic carbocycles. The van der Waals surface area contributed by atoms with Gasteiger partial charge in [-0.05, 0) is 54.7 Å². The van der Waals surface area contributed by atoms with Gasteiger partial charge in [-0.15, -0.1) is 0 Å². The molecule has 2 N–H and O–H groups in total. The van der Waals surface area contributed by atoms with Crippen LogP contribution in [0.4, 0.5) is 5.69 Å². The van der Waals surface area contributed by atoms with Gasteiger partial charge >= 0.3 is 0 Å². The lowest BCUT2D eigenvalue weighted by Crippen LogP contribution is -2.47. The first-order valence-electron chi connectivity index (χ1n) is 12.1. The van der Waals surface area contributed by atoms with Crippen molar-refractivity contribution in [3.05, 3.63) is 95.1 Å². The van der Waals surface area contributed by atoms with Gasteiger partial charge in [0, 0.05) is 25.2 Å². The highest BCUT2D eigenvalue weighted by atomic mass is 32.2. The van der Waals surface area contributed by atoms with Gasteiger partial charge in [0.2, 0.25) is 21.8 Å². The lowest BCUT2D eigenvalue weighted by atomic mass is 10.1. The third-order valence-corrected chi connectivity index (χ3v) is 7.81. The third kappa shape index (κ3) is 6.01. The topological polar surface area (TPSA) is 95.6 Å². The molecule has 1 unspecified atom stereocenters. The van der Waals surface area contributed by atoms with E-state index in [0.29, 0.717) is 25.9 Å². The van der Waals surface area contributed by atoms with Crippen molar-refractivity contribution in [3.63, 3.8) is 0 Å². The van der Waals surface area contributed by atoms with Crippen LogP contribution in [-0.2, 0) is 39.0 Å². The number of nitrogens with one attached hydrogen (secondary N) is 2. The van der Waals surface area contributed by atoms with Crippen LogP contribution < -0.4 is 14.9 Å². The maximum absolute atomic E-state index is 13.3. The van der Waals surface area contributed by atoms with E-state index >= 15 is 0 Å². The monoisotopic (exact) mass is 505 g/mol. The number of hydrogen-bond donors (Lipinski definition) is 2. The minimum absolute atomic E-state index is 0.00987. The van der Waals surface area contributed by atoms with Gasteiger partial charge in [-0.3, -0.25) is 9.59 Å². The zero-order chi connectivity index (χ0) is 25.7. The summed E-state index contributed by atoms with van der Waals surface area (Å²) in [5, 5.41) is 2.87. The summed E-state index contributed by atoms with van der Waals surface area (Å²) in [6, 6.07) is 20.9. The van der Waals surface area contributed by atoms with E-state index in [1.54, 1.807) is 24.0 Å². The van der Waals surface area contributed by atoms with Crippen molar-refractivity contribution >= 4 is 27.5 Å². The molecule has 8 heteroatoms. The smallest absolute Gasteiger partial charge is 0.241 e. The van der Waals surface area contributed by atoms with E-state index in [-0.39, 0.29) is 17.2 Å². The number of carbonyl (C=O) groups excluding carboxylic acids is 2. The molecule has 1 aliphatic heterocycles. The Balaban J connectivity index is 1.54. The second-order valence-corrected chi connectivity index (χ2v) is 10.7. The van der Waals surface area contributed by atoms with Gasteiger partial charge in [0.05, 0.1) is 4.90 Å². The van der Waals surface area contributed by atoms with E-state index in [9.17, 15) is 18.0 Å². The molecule has 0 radical (unpaired) electrons. The second kappa shape index (κ2) is 11.1. The first-order chi connectivity index (χ1) is 17.3. The Morgan fingerprint density at radius 2 is 1.69 bits per heavy atom. The van der Waals surface area contributed by atoms with Crippen LogP contribution in [0, 0.1) is 6.92 Å². The number of anilines is 1. The Bertz CT molecular complexity index is 1340. The summed E-state index contributed by atoms with van der Waals surface area (Å²) in [4.78, 5) is 27.1. The van der Waals surface area contributed by atoms with Crippen molar-refractivity contribution in [1.29, 1.82) is 0 Å². The summed E-state index contributed by atoms with van der Waals surface area (Å²) in [7, 11) is -3.99. The summed E-state index contributed by atoms with van der Waals surface area (Å²) in [6.07, 6.45) is 1.19. The summed E-state index contributed by atoms with van der Waals surface area (Å²) in [5.41, 5.74) is 4.45. The van der Waals surface area contributed by atoms with Gasteiger partial charge in [0.25, 0.3) is 0 Å². The number of aryl methyl sites for hydroxylation is 1. The zero-order valence-electron chi connectivity index (χ0n) is 20.5. The number of nitrogens with zero attached hydrogens (tertiary/aromatic N) is 1. The van der Waals surface area contributed by atoms with Crippen molar-refractivity contribution in [3.8, 4) is 0 Å². The molecule has 0 spiro atoms. The van der Waals surface area contributed by atoms with Gasteiger partial charge in [-0.25, -0.2) is 8.42 Å². The number of carbonyl (C=O) groups is 2.